The lowest BCUT2D eigenvalue weighted by Crippen LogP contribution is -2.20. The Kier molecular flexibility index (Phi) is 2.93. The van der Waals surface area contributed by atoms with E-state index in [1.54, 1.807) is 0 Å². The lowest BCUT2D eigenvalue weighted by atomic mass is 9.95. The molecule has 1 aromatic rings. The molecular weight excluding hydrogens is 272 g/mol. The maximum absolute atomic E-state index is 11.3. The van der Waals surface area contributed by atoms with Gasteiger partial charge in [0.2, 0.25) is 0 Å². The first-order chi connectivity index (χ1) is 7.60. The van der Waals surface area contributed by atoms with Crippen molar-refractivity contribution in [2.45, 2.75) is 25.2 Å². The van der Waals surface area contributed by atoms with Crippen LogP contribution in [-0.4, -0.2) is 17.7 Å². The van der Waals surface area contributed by atoms with Gasteiger partial charge in [-0.1, -0.05) is 22.0 Å². The zero-order valence-electron chi connectivity index (χ0n) is 9.00. The summed E-state index contributed by atoms with van der Waals surface area (Å²) in [5.41, 5.74) is 0.0932. The zero-order valence-corrected chi connectivity index (χ0v) is 10.6. The van der Waals surface area contributed by atoms with Gasteiger partial charge in [0.15, 0.2) is 0 Å². The highest BCUT2D eigenvalue weighted by Crippen LogP contribution is 2.51. The minimum atomic E-state index is -0.754. The summed E-state index contributed by atoms with van der Waals surface area (Å²) in [4.78, 5) is 11.3. The van der Waals surface area contributed by atoms with Crippen LogP contribution in [0.3, 0.4) is 0 Å². The molecule has 1 N–H and O–H groups in total. The quantitative estimate of drug-likeness (QED) is 0.925. The van der Waals surface area contributed by atoms with Gasteiger partial charge in [0.25, 0.3) is 0 Å². The topological polar surface area (TPSA) is 46.5 Å². The number of rotatable bonds is 4. The highest BCUT2D eigenvalue weighted by Gasteiger charge is 2.53. The molecular formula is C12H13BrO3. The second kappa shape index (κ2) is 4.09. The van der Waals surface area contributed by atoms with Crippen LogP contribution in [0, 0.1) is 0 Å². The SMILES string of the molecule is CCOc1cc(Br)ccc1C1(C(=O)O)CC1. The van der Waals surface area contributed by atoms with E-state index in [-0.39, 0.29) is 0 Å². The Labute approximate surface area is 103 Å². The van der Waals surface area contributed by atoms with Crippen LogP contribution in [0.1, 0.15) is 25.3 Å². The summed E-state index contributed by atoms with van der Waals surface area (Å²) in [7, 11) is 0. The van der Waals surface area contributed by atoms with Crippen molar-refractivity contribution in [3.05, 3.63) is 28.2 Å². The van der Waals surface area contributed by atoms with E-state index in [1.807, 2.05) is 25.1 Å². The molecule has 0 aromatic heterocycles. The van der Waals surface area contributed by atoms with Gasteiger partial charge in [-0.2, -0.15) is 0 Å². The largest absolute Gasteiger partial charge is 0.494 e. The first-order valence-corrected chi connectivity index (χ1v) is 6.05. The van der Waals surface area contributed by atoms with Crippen LogP contribution in [0.4, 0.5) is 0 Å². The van der Waals surface area contributed by atoms with E-state index in [9.17, 15) is 9.90 Å². The summed E-state index contributed by atoms with van der Waals surface area (Å²) >= 11 is 3.36. The maximum atomic E-state index is 11.3. The number of carbonyl (C=O) groups is 1. The van der Waals surface area contributed by atoms with E-state index >= 15 is 0 Å². The van der Waals surface area contributed by atoms with Crippen molar-refractivity contribution in [2.75, 3.05) is 6.61 Å². The van der Waals surface area contributed by atoms with Crippen LogP contribution in [0.2, 0.25) is 0 Å². The van der Waals surface area contributed by atoms with E-state index in [0.717, 1.165) is 10.0 Å². The normalized spacial score (nSPS) is 16.9. The van der Waals surface area contributed by atoms with E-state index < -0.39 is 11.4 Å². The maximum Gasteiger partial charge on any atom is 0.314 e. The Bertz CT molecular complexity index is 424. The number of ether oxygens (including phenoxy) is 1. The zero-order chi connectivity index (χ0) is 11.8. The molecule has 86 valence electrons. The fraction of sp³-hybridized carbons (Fsp3) is 0.417. The van der Waals surface area contributed by atoms with Gasteiger partial charge in [0.05, 0.1) is 12.0 Å². The molecule has 1 aliphatic rings. The van der Waals surface area contributed by atoms with E-state index in [4.69, 9.17) is 4.74 Å². The van der Waals surface area contributed by atoms with Crippen LogP contribution in [0.25, 0.3) is 0 Å². The van der Waals surface area contributed by atoms with E-state index in [0.29, 0.717) is 25.2 Å². The molecule has 1 aromatic carbocycles. The molecule has 0 heterocycles. The molecule has 16 heavy (non-hydrogen) atoms. The summed E-state index contributed by atoms with van der Waals surface area (Å²) in [6, 6.07) is 5.54. The van der Waals surface area contributed by atoms with Crippen LogP contribution in [0.15, 0.2) is 22.7 Å². The Morgan fingerprint density at radius 1 is 1.56 bits per heavy atom. The summed E-state index contributed by atoms with van der Waals surface area (Å²) in [6.45, 7) is 2.43. The molecule has 0 unspecified atom stereocenters. The van der Waals surface area contributed by atoms with Crippen molar-refractivity contribution >= 4 is 21.9 Å². The van der Waals surface area contributed by atoms with Crippen molar-refractivity contribution in [2.24, 2.45) is 0 Å². The fourth-order valence-corrected chi connectivity index (χ4v) is 2.23. The monoisotopic (exact) mass is 284 g/mol. The smallest absolute Gasteiger partial charge is 0.314 e. The van der Waals surface area contributed by atoms with Gasteiger partial charge in [-0.3, -0.25) is 4.79 Å². The predicted octanol–water partition coefficient (Wildman–Crippen LogP) is 2.96. The van der Waals surface area contributed by atoms with Gasteiger partial charge < -0.3 is 9.84 Å². The van der Waals surface area contributed by atoms with Gasteiger partial charge in [0.1, 0.15) is 5.75 Å². The minimum Gasteiger partial charge on any atom is -0.494 e. The highest BCUT2D eigenvalue weighted by molar-refractivity contribution is 9.10. The van der Waals surface area contributed by atoms with E-state index in [1.165, 1.54) is 0 Å². The third-order valence-corrected chi connectivity index (χ3v) is 3.41. The third kappa shape index (κ3) is 1.82. The number of carboxylic acid groups (broad SMARTS) is 1. The van der Waals surface area contributed by atoms with Gasteiger partial charge in [-0.25, -0.2) is 0 Å². The second-order valence-corrected chi connectivity index (χ2v) is 4.88. The molecule has 0 aliphatic heterocycles. The van der Waals surface area contributed by atoms with Gasteiger partial charge in [0, 0.05) is 10.0 Å². The second-order valence-electron chi connectivity index (χ2n) is 3.96. The molecule has 0 atom stereocenters. The Balaban J connectivity index is 2.44. The van der Waals surface area contributed by atoms with Crippen LogP contribution in [0.5, 0.6) is 5.75 Å². The molecule has 0 radical (unpaired) electrons. The highest BCUT2D eigenvalue weighted by atomic mass is 79.9. The number of halogens is 1. The summed E-state index contributed by atoms with van der Waals surface area (Å²) in [5, 5.41) is 9.25. The summed E-state index contributed by atoms with van der Waals surface area (Å²) in [5.74, 6) is -0.0763. The van der Waals surface area contributed by atoms with Crippen molar-refractivity contribution in [3.63, 3.8) is 0 Å². The average molecular weight is 285 g/mol. The molecule has 0 bridgehead atoms. The summed E-state index contributed by atoms with van der Waals surface area (Å²) in [6.07, 6.45) is 1.40. The van der Waals surface area contributed by atoms with Gasteiger partial charge in [-0.15, -0.1) is 0 Å². The van der Waals surface area contributed by atoms with Crippen LogP contribution < -0.4 is 4.74 Å². The lowest BCUT2D eigenvalue weighted by Gasteiger charge is -2.15. The van der Waals surface area contributed by atoms with Crippen molar-refractivity contribution < 1.29 is 14.6 Å². The minimum absolute atomic E-state index is 0.541. The van der Waals surface area contributed by atoms with Gasteiger partial charge in [-0.05, 0) is 31.9 Å². The van der Waals surface area contributed by atoms with Crippen molar-refractivity contribution in [1.82, 2.24) is 0 Å². The first kappa shape index (κ1) is 11.5. The molecule has 1 aliphatic carbocycles. The van der Waals surface area contributed by atoms with Crippen LogP contribution in [-0.2, 0) is 10.2 Å². The van der Waals surface area contributed by atoms with Gasteiger partial charge >= 0.3 is 5.97 Å². The molecule has 1 fully saturated rings. The predicted molar refractivity (Wildman–Crippen MR) is 63.9 cm³/mol. The third-order valence-electron chi connectivity index (χ3n) is 2.92. The molecule has 2 rings (SSSR count). The Morgan fingerprint density at radius 3 is 2.75 bits per heavy atom. The summed E-state index contributed by atoms with van der Waals surface area (Å²) < 4.78 is 6.40. The molecule has 3 nitrogen and oxygen atoms in total. The number of hydrogen-bond donors (Lipinski definition) is 1. The number of carboxylic acids is 1. The van der Waals surface area contributed by atoms with Crippen molar-refractivity contribution in [1.29, 1.82) is 0 Å². The molecule has 4 heteroatoms. The molecule has 0 amide bonds. The number of benzene rings is 1. The Hall–Kier alpha value is -1.03. The lowest BCUT2D eigenvalue weighted by molar-refractivity contribution is -0.140. The number of aliphatic carboxylic acids is 1. The standard InChI is InChI=1S/C12H13BrO3/c1-2-16-10-7-8(13)3-4-9(10)12(5-6-12)11(14)15/h3-4,7H,2,5-6H2,1H3,(H,14,15). The fourth-order valence-electron chi connectivity index (χ4n) is 1.89. The first-order valence-electron chi connectivity index (χ1n) is 5.26. The van der Waals surface area contributed by atoms with E-state index in [2.05, 4.69) is 15.9 Å². The van der Waals surface area contributed by atoms with Crippen molar-refractivity contribution in [3.8, 4) is 5.75 Å². The van der Waals surface area contributed by atoms with Crippen LogP contribution >= 0.6 is 15.9 Å². The molecule has 0 saturated heterocycles. The number of hydrogen-bond acceptors (Lipinski definition) is 2. The average Bonchev–Trinajstić information content (AvgIpc) is 2.99. The molecule has 0 spiro atoms. The molecule has 1 saturated carbocycles. The Morgan fingerprint density at radius 2 is 2.25 bits per heavy atom.